The van der Waals surface area contributed by atoms with Crippen LogP contribution in [0.2, 0.25) is 0 Å². The van der Waals surface area contributed by atoms with Gasteiger partial charge in [-0.15, -0.1) is 0 Å². The quantitative estimate of drug-likeness (QED) is 0.891. The van der Waals surface area contributed by atoms with Gasteiger partial charge in [-0.3, -0.25) is 0 Å². The van der Waals surface area contributed by atoms with Gasteiger partial charge in [0.2, 0.25) is 0 Å². The Labute approximate surface area is 123 Å². The van der Waals surface area contributed by atoms with Gasteiger partial charge in [0.05, 0.1) is 6.61 Å². The maximum Gasteiger partial charge on any atom is 0.119 e. The van der Waals surface area contributed by atoms with E-state index in [-0.39, 0.29) is 5.54 Å². The fraction of sp³-hybridized carbons (Fsp3) is 0.647. The highest BCUT2D eigenvalue weighted by molar-refractivity contribution is 5.49. The maximum atomic E-state index is 5.53. The summed E-state index contributed by atoms with van der Waals surface area (Å²) in [6.07, 6.45) is 3.56. The van der Waals surface area contributed by atoms with Gasteiger partial charge in [-0.2, -0.15) is 0 Å². The van der Waals surface area contributed by atoms with Gasteiger partial charge in [0.1, 0.15) is 5.75 Å². The predicted molar refractivity (Wildman–Crippen MR) is 85.8 cm³/mol. The van der Waals surface area contributed by atoms with Gasteiger partial charge in [-0.25, -0.2) is 0 Å². The van der Waals surface area contributed by atoms with Gasteiger partial charge >= 0.3 is 0 Å². The highest BCUT2D eigenvalue weighted by atomic mass is 16.5. The third-order valence-electron chi connectivity index (χ3n) is 4.46. The molecule has 2 rings (SSSR count). The van der Waals surface area contributed by atoms with Crippen molar-refractivity contribution in [2.45, 2.75) is 45.6 Å². The molecule has 0 aliphatic carbocycles. The number of hydrogen-bond acceptors (Lipinski definition) is 3. The summed E-state index contributed by atoms with van der Waals surface area (Å²) in [6.45, 7) is 10.7. The highest BCUT2D eigenvalue weighted by Gasteiger charge is 2.30. The minimum atomic E-state index is 0.259. The summed E-state index contributed by atoms with van der Waals surface area (Å²) in [5.74, 6) is 0.960. The van der Waals surface area contributed by atoms with E-state index in [1.165, 1.54) is 24.9 Å². The number of benzene rings is 1. The van der Waals surface area contributed by atoms with Crippen LogP contribution < -0.4 is 15.0 Å². The molecule has 0 bridgehead atoms. The summed E-state index contributed by atoms with van der Waals surface area (Å²) in [5.41, 5.74) is 1.57. The smallest absolute Gasteiger partial charge is 0.119 e. The van der Waals surface area contributed by atoms with E-state index in [1.54, 1.807) is 0 Å². The number of nitrogens with one attached hydrogen (secondary N) is 1. The van der Waals surface area contributed by atoms with Crippen molar-refractivity contribution in [3.8, 4) is 5.75 Å². The summed E-state index contributed by atoms with van der Waals surface area (Å²) < 4.78 is 5.53. The second kappa shape index (κ2) is 6.98. The second-order valence-electron chi connectivity index (χ2n) is 5.62. The first-order chi connectivity index (χ1) is 9.73. The molecule has 0 aromatic heterocycles. The minimum Gasteiger partial charge on any atom is -0.494 e. The van der Waals surface area contributed by atoms with Crippen LogP contribution in [0.25, 0.3) is 0 Å². The molecule has 0 radical (unpaired) electrons. The number of rotatable bonds is 5. The summed E-state index contributed by atoms with van der Waals surface area (Å²) >= 11 is 0. The molecule has 0 unspecified atom stereocenters. The molecule has 1 aliphatic heterocycles. The molecule has 1 aromatic carbocycles. The molecule has 3 heteroatoms. The number of anilines is 1. The lowest BCUT2D eigenvalue weighted by molar-refractivity contribution is 0.321. The third-order valence-corrected chi connectivity index (χ3v) is 4.46. The molecule has 1 fully saturated rings. The number of nitrogens with zero attached hydrogens (tertiary/aromatic N) is 1. The van der Waals surface area contributed by atoms with Crippen LogP contribution in [0.15, 0.2) is 24.3 Å². The fourth-order valence-electron chi connectivity index (χ4n) is 2.99. The average molecular weight is 276 g/mol. The Morgan fingerprint density at radius 2 is 1.85 bits per heavy atom. The molecule has 1 N–H and O–H groups in total. The topological polar surface area (TPSA) is 24.5 Å². The van der Waals surface area contributed by atoms with E-state index in [9.17, 15) is 0 Å². The molecule has 112 valence electrons. The van der Waals surface area contributed by atoms with Gasteiger partial charge in [0.15, 0.2) is 0 Å². The lowest BCUT2D eigenvalue weighted by atomic mass is 9.92. The lowest BCUT2D eigenvalue weighted by Gasteiger charge is -2.36. The Kier molecular flexibility index (Phi) is 5.30. The zero-order valence-electron chi connectivity index (χ0n) is 13.1. The van der Waals surface area contributed by atoms with E-state index >= 15 is 0 Å². The minimum absolute atomic E-state index is 0.259. The van der Waals surface area contributed by atoms with Crippen molar-refractivity contribution in [2.75, 3.05) is 31.1 Å². The van der Waals surface area contributed by atoms with E-state index in [0.717, 1.165) is 32.0 Å². The average Bonchev–Trinajstić information content (AvgIpc) is 2.72. The Bertz CT molecular complexity index is 398. The lowest BCUT2D eigenvalue weighted by Crippen LogP contribution is -2.50. The maximum absolute atomic E-state index is 5.53. The molecule has 0 spiro atoms. The molecule has 0 atom stereocenters. The van der Waals surface area contributed by atoms with Crippen LogP contribution in [-0.2, 0) is 0 Å². The highest BCUT2D eigenvalue weighted by Crippen LogP contribution is 2.26. The van der Waals surface area contributed by atoms with E-state index in [4.69, 9.17) is 4.74 Å². The molecule has 3 nitrogen and oxygen atoms in total. The van der Waals surface area contributed by atoms with Crippen LogP contribution in [0.3, 0.4) is 0 Å². The summed E-state index contributed by atoms with van der Waals surface area (Å²) in [6, 6.07) is 8.53. The van der Waals surface area contributed by atoms with E-state index in [2.05, 4.69) is 48.3 Å². The van der Waals surface area contributed by atoms with Gasteiger partial charge in [0, 0.05) is 24.3 Å². The molecule has 0 saturated carbocycles. The Balaban J connectivity index is 2.13. The van der Waals surface area contributed by atoms with E-state index in [1.807, 2.05) is 6.92 Å². The summed E-state index contributed by atoms with van der Waals surface area (Å²) in [4.78, 5) is 2.52. The normalized spacial score (nSPS) is 18.6. The first-order valence-electron chi connectivity index (χ1n) is 7.96. The van der Waals surface area contributed by atoms with Gasteiger partial charge < -0.3 is 15.0 Å². The zero-order chi connectivity index (χ0) is 14.4. The first kappa shape index (κ1) is 15.2. The predicted octanol–water partition coefficient (Wildman–Crippen LogP) is 3.44. The monoisotopic (exact) mass is 276 g/mol. The molecular formula is C17H28N2O. The zero-order valence-corrected chi connectivity index (χ0v) is 13.1. The SMILES string of the molecule is CCOc1ccc(N2CCCNC(CC)(CC)C2)cc1. The van der Waals surface area contributed by atoms with Crippen molar-refractivity contribution in [1.29, 1.82) is 0 Å². The number of ether oxygens (including phenoxy) is 1. The van der Waals surface area contributed by atoms with Crippen LogP contribution in [0, 0.1) is 0 Å². The molecule has 0 amide bonds. The van der Waals surface area contributed by atoms with Crippen LogP contribution in [0.5, 0.6) is 5.75 Å². The standard InChI is InChI=1S/C17H28N2O/c1-4-17(5-2)14-19(13-7-12-18-17)15-8-10-16(11-9-15)20-6-3/h8-11,18H,4-7,12-14H2,1-3H3. The van der Waals surface area contributed by atoms with Crippen molar-refractivity contribution in [2.24, 2.45) is 0 Å². The van der Waals surface area contributed by atoms with Crippen molar-refractivity contribution in [1.82, 2.24) is 5.32 Å². The van der Waals surface area contributed by atoms with E-state index in [0.29, 0.717) is 0 Å². The fourth-order valence-corrected chi connectivity index (χ4v) is 2.99. The van der Waals surface area contributed by atoms with Crippen LogP contribution in [0.1, 0.15) is 40.0 Å². The Morgan fingerprint density at radius 1 is 1.15 bits per heavy atom. The third kappa shape index (κ3) is 3.45. The van der Waals surface area contributed by atoms with Crippen LogP contribution in [-0.4, -0.2) is 31.8 Å². The Morgan fingerprint density at radius 3 is 2.45 bits per heavy atom. The van der Waals surface area contributed by atoms with E-state index < -0.39 is 0 Å². The van der Waals surface area contributed by atoms with Crippen LogP contribution >= 0.6 is 0 Å². The first-order valence-corrected chi connectivity index (χ1v) is 7.96. The number of hydrogen-bond donors (Lipinski definition) is 1. The molecular weight excluding hydrogens is 248 g/mol. The Hall–Kier alpha value is -1.22. The van der Waals surface area contributed by atoms with Gasteiger partial charge in [-0.05, 0) is 57.0 Å². The molecule has 1 saturated heterocycles. The van der Waals surface area contributed by atoms with Gasteiger partial charge in [-0.1, -0.05) is 13.8 Å². The second-order valence-corrected chi connectivity index (χ2v) is 5.62. The molecule has 1 aliphatic rings. The van der Waals surface area contributed by atoms with Crippen molar-refractivity contribution < 1.29 is 4.74 Å². The van der Waals surface area contributed by atoms with Gasteiger partial charge in [0.25, 0.3) is 0 Å². The van der Waals surface area contributed by atoms with Crippen molar-refractivity contribution >= 4 is 5.69 Å². The summed E-state index contributed by atoms with van der Waals surface area (Å²) in [7, 11) is 0. The van der Waals surface area contributed by atoms with Crippen LogP contribution in [0.4, 0.5) is 5.69 Å². The molecule has 1 aromatic rings. The largest absolute Gasteiger partial charge is 0.494 e. The van der Waals surface area contributed by atoms with Crippen molar-refractivity contribution in [3.63, 3.8) is 0 Å². The molecule has 20 heavy (non-hydrogen) atoms. The molecule has 1 heterocycles. The summed E-state index contributed by atoms with van der Waals surface area (Å²) in [5, 5.41) is 3.76. The van der Waals surface area contributed by atoms with Crippen molar-refractivity contribution in [3.05, 3.63) is 24.3 Å².